The van der Waals surface area contributed by atoms with Gasteiger partial charge in [0.05, 0.1) is 11.4 Å². The van der Waals surface area contributed by atoms with E-state index < -0.39 is 5.51 Å². The van der Waals surface area contributed by atoms with Crippen LogP contribution in [0.5, 0.6) is 0 Å². The number of hydrogen-bond donors (Lipinski definition) is 1. The van der Waals surface area contributed by atoms with Crippen molar-refractivity contribution in [1.82, 2.24) is 4.98 Å². The van der Waals surface area contributed by atoms with Crippen LogP contribution in [0.15, 0.2) is 65.0 Å². The number of halogens is 3. The van der Waals surface area contributed by atoms with Crippen molar-refractivity contribution in [3.63, 3.8) is 0 Å². The molecule has 0 bridgehead atoms. The predicted octanol–water partition coefficient (Wildman–Crippen LogP) is 7.60. The molecule has 3 nitrogen and oxygen atoms in total. The Bertz CT molecular complexity index is 1090. The standard InChI is InChI=1S/C23H20F3N3S2/c1-15(2)11-16-7-9-17(10-8-16)20-14-30-22(29-20)18(12-27)13-28-19-5-3-4-6-21(19)31-23(24,25)26/h3-10,13-15,28H,11H2,1-2H3. The highest BCUT2D eigenvalue weighted by molar-refractivity contribution is 8.00. The van der Waals surface area contributed by atoms with Crippen LogP contribution in [0.1, 0.15) is 24.4 Å². The van der Waals surface area contributed by atoms with Crippen molar-refractivity contribution < 1.29 is 13.2 Å². The average molecular weight is 460 g/mol. The van der Waals surface area contributed by atoms with Crippen molar-refractivity contribution in [1.29, 1.82) is 5.26 Å². The Morgan fingerprint density at radius 1 is 1.19 bits per heavy atom. The second-order valence-electron chi connectivity index (χ2n) is 7.19. The number of allylic oxidation sites excluding steroid dienone is 1. The molecule has 0 amide bonds. The Labute approximate surface area is 187 Å². The van der Waals surface area contributed by atoms with E-state index in [4.69, 9.17) is 0 Å². The van der Waals surface area contributed by atoms with Crippen LogP contribution in [0.2, 0.25) is 0 Å². The first-order valence-corrected chi connectivity index (χ1v) is 11.2. The molecule has 160 valence electrons. The summed E-state index contributed by atoms with van der Waals surface area (Å²) in [5.74, 6) is 0.576. The molecule has 1 N–H and O–H groups in total. The minimum atomic E-state index is -4.39. The molecule has 0 radical (unpaired) electrons. The number of alkyl halides is 3. The van der Waals surface area contributed by atoms with Crippen molar-refractivity contribution in [2.45, 2.75) is 30.7 Å². The number of para-hydroxylation sites is 1. The van der Waals surface area contributed by atoms with E-state index in [0.29, 0.717) is 10.9 Å². The molecule has 2 aromatic carbocycles. The predicted molar refractivity (Wildman–Crippen MR) is 122 cm³/mol. The minimum absolute atomic E-state index is 0.0323. The number of anilines is 1. The topological polar surface area (TPSA) is 48.7 Å². The Morgan fingerprint density at radius 3 is 2.55 bits per heavy atom. The fourth-order valence-electron chi connectivity index (χ4n) is 2.90. The number of hydrogen-bond acceptors (Lipinski definition) is 5. The van der Waals surface area contributed by atoms with E-state index in [1.54, 1.807) is 6.07 Å². The average Bonchev–Trinajstić information content (AvgIpc) is 3.18. The quantitative estimate of drug-likeness (QED) is 0.292. The highest BCUT2D eigenvalue weighted by atomic mass is 32.2. The van der Waals surface area contributed by atoms with Gasteiger partial charge in [-0.25, -0.2) is 4.98 Å². The molecule has 1 aromatic heterocycles. The first kappa shape index (κ1) is 22.9. The van der Waals surface area contributed by atoms with Gasteiger partial charge in [0, 0.05) is 22.0 Å². The van der Waals surface area contributed by atoms with Gasteiger partial charge in [0.25, 0.3) is 0 Å². The maximum Gasteiger partial charge on any atom is 0.446 e. The maximum atomic E-state index is 12.8. The minimum Gasteiger partial charge on any atom is -0.359 e. The van der Waals surface area contributed by atoms with Gasteiger partial charge in [0.2, 0.25) is 0 Å². The van der Waals surface area contributed by atoms with Crippen LogP contribution in [-0.2, 0) is 6.42 Å². The number of rotatable bonds is 7. The number of nitriles is 1. The number of thioether (sulfide) groups is 1. The molecule has 0 aliphatic rings. The second-order valence-corrected chi connectivity index (χ2v) is 9.16. The van der Waals surface area contributed by atoms with Crippen LogP contribution < -0.4 is 5.32 Å². The molecule has 3 aromatic rings. The first-order chi connectivity index (χ1) is 14.7. The first-order valence-electron chi connectivity index (χ1n) is 9.52. The zero-order valence-corrected chi connectivity index (χ0v) is 18.5. The molecule has 0 atom stereocenters. The summed E-state index contributed by atoms with van der Waals surface area (Å²) < 4.78 is 38.3. The molecule has 0 saturated heterocycles. The molecular formula is C23H20F3N3S2. The highest BCUT2D eigenvalue weighted by Gasteiger charge is 2.30. The lowest BCUT2D eigenvalue weighted by atomic mass is 10.0. The van der Waals surface area contributed by atoms with E-state index in [9.17, 15) is 18.4 Å². The Kier molecular flexibility index (Phi) is 7.42. The SMILES string of the molecule is CC(C)Cc1ccc(-c2csc(C(C#N)=CNc3ccccc3SC(F)(F)F)n2)cc1. The summed E-state index contributed by atoms with van der Waals surface area (Å²) in [5.41, 5.74) is -0.910. The number of aromatic nitrogens is 1. The third-order valence-electron chi connectivity index (χ3n) is 4.23. The summed E-state index contributed by atoms with van der Waals surface area (Å²) in [6, 6.07) is 16.3. The van der Waals surface area contributed by atoms with Gasteiger partial charge in [-0.05, 0) is 41.8 Å². The molecule has 0 unspecified atom stereocenters. The van der Waals surface area contributed by atoms with Gasteiger partial charge in [-0.3, -0.25) is 0 Å². The molecule has 8 heteroatoms. The van der Waals surface area contributed by atoms with Crippen molar-refractivity contribution in [3.8, 4) is 17.3 Å². The van der Waals surface area contributed by atoms with E-state index in [2.05, 4.69) is 42.4 Å². The molecule has 3 rings (SSSR count). The van der Waals surface area contributed by atoms with Crippen molar-refractivity contribution in [2.24, 2.45) is 5.92 Å². The van der Waals surface area contributed by atoms with Gasteiger partial charge in [0.1, 0.15) is 16.6 Å². The molecule has 0 saturated carbocycles. The zero-order chi connectivity index (χ0) is 22.4. The number of benzene rings is 2. The van der Waals surface area contributed by atoms with Gasteiger partial charge in [0.15, 0.2) is 0 Å². The van der Waals surface area contributed by atoms with E-state index >= 15 is 0 Å². The fourth-order valence-corrected chi connectivity index (χ4v) is 4.33. The summed E-state index contributed by atoms with van der Waals surface area (Å²) in [7, 11) is 0. The Morgan fingerprint density at radius 2 is 1.90 bits per heavy atom. The molecular weight excluding hydrogens is 439 g/mol. The lowest BCUT2D eigenvalue weighted by Gasteiger charge is -2.10. The molecule has 31 heavy (non-hydrogen) atoms. The van der Waals surface area contributed by atoms with Gasteiger partial charge < -0.3 is 5.32 Å². The lowest BCUT2D eigenvalue weighted by molar-refractivity contribution is -0.0327. The molecule has 0 aliphatic carbocycles. The van der Waals surface area contributed by atoms with Gasteiger partial charge in [-0.1, -0.05) is 50.2 Å². The van der Waals surface area contributed by atoms with Gasteiger partial charge in [-0.2, -0.15) is 18.4 Å². The third-order valence-corrected chi connectivity index (χ3v) is 5.92. The van der Waals surface area contributed by atoms with Gasteiger partial charge >= 0.3 is 5.51 Å². The summed E-state index contributed by atoms with van der Waals surface area (Å²) in [5, 5.41) is 14.7. The number of thiazole rings is 1. The summed E-state index contributed by atoms with van der Waals surface area (Å²) in [6.45, 7) is 4.34. The number of nitrogens with one attached hydrogen (secondary N) is 1. The van der Waals surface area contributed by atoms with Crippen molar-refractivity contribution >= 4 is 34.4 Å². The van der Waals surface area contributed by atoms with Crippen LogP contribution >= 0.6 is 23.1 Å². The van der Waals surface area contributed by atoms with Crippen LogP contribution in [0.3, 0.4) is 0 Å². The van der Waals surface area contributed by atoms with E-state index in [0.717, 1.165) is 17.7 Å². The highest BCUT2D eigenvalue weighted by Crippen LogP contribution is 2.40. The Hall–Kier alpha value is -2.76. The normalized spacial score (nSPS) is 12.1. The molecule has 1 heterocycles. The smallest absolute Gasteiger partial charge is 0.359 e. The van der Waals surface area contributed by atoms with Crippen LogP contribution in [0, 0.1) is 17.2 Å². The summed E-state index contributed by atoms with van der Waals surface area (Å²) in [4.78, 5) is 4.57. The lowest BCUT2D eigenvalue weighted by Crippen LogP contribution is -2.01. The fraction of sp³-hybridized carbons (Fsp3) is 0.217. The summed E-state index contributed by atoms with van der Waals surface area (Å²) in [6.07, 6.45) is 2.40. The van der Waals surface area contributed by atoms with Crippen molar-refractivity contribution in [3.05, 3.63) is 70.7 Å². The summed E-state index contributed by atoms with van der Waals surface area (Å²) >= 11 is 1.11. The largest absolute Gasteiger partial charge is 0.446 e. The molecule has 0 fully saturated rings. The molecule has 0 spiro atoms. The van der Waals surface area contributed by atoms with Crippen LogP contribution in [0.4, 0.5) is 18.9 Å². The van der Waals surface area contributed by atoms with Crippen molar-refractivity contribution in [2.75, 3.05) is 5.32 Å². The number of nitrogens with zero attached hydrogens (tertiary/aromatic N) is 2. The third kappa shape index (κ3) is 6.61. The van der Waals surface area contributed by atoms with Crippen LogP contribution in [0.25, 0.3) is 16.8 Å². The zero-order valence-electron chi connectivity index (χ0n) is 16.9. The van der Waals surface area contributed by atoms with Gasteiger partial charge in [-0.15, -0.1) is 11.3 Å². The van der Waals surface area contributed by atoms with E-state index in [1.807, 2.05) is 17.5 Å². The van der Waals surface area contributed by atoms with E-state index in [-0.39, 0.29) is 27.9 Å². The van der Waals surface area contributed by atoms with Crippen LogP contribution in [-0.4, -0.2) is 10.5 Å². The molecule has 0 aliphatic heterocycles. The van der Waals surface area contributed by atoms with E-state index in [1.165, 1.54) is 41.3 Å². The Balaban J connectivity index is 1.78. The second kappa shape index (κ2) is 10.0. The maximum absolute atomic E-state index is 12.8. The monoisotopic (exact) mass is 459 g/mol.